The van der Waals surface area contributed by atoms with Gasteiger partial charge >= 0.3 is 0 Å². The van der Waals surface area contributed by atoms with Crippen LogP contribution in [0.1, 0.15) is 5.82 Å². The Morgan fingerprint density at radius 3 is 2.80 bits per heavy atom. The first-order valence-corrected chi connectivity index (χ1v) is 4.21. The molecule has 0 N–H and O–H groups in total. The minimum Gasteiger partial charge on any atom is -0.481 e. The lowest BCUT2D eigenvalue weighted by Gasteiger charge is -2.00. The highest BCUT2D eigenvalue weighted by molar-refractivity contribution is 5.52. The van der Waals surface area contributed by atoms with Crippen LogP contribution in [0, 0.1) is 12.7 Å². The average molecular weight is 209 g/mol. The monoisotopic (exact) mass is 209 g/mol. The van der Waals surface area contributed by atoms with Crippen molar-refractivity contribution in [3.8, 4) is 17.3 Å². The van der Waals surface area contributed by atoms with Gasteiger partial charge in [0.15, 0.2) is 5.82 Å². The van der Waals surface area contributed by atoms with E-state index in [-0.39, 0.29) is 17.3 Å². The summed E-state index contributed by atoms with van der Waals surface area (Å²) in [5, 5.41) is 3.56. The number of aryl methyl sites for hydroxylation is 1. The molecule has 2 rings (SSSR count). The van der Waals surface area contributed by atoms with Crippen molar-refractivity contribution in [3.05, 3.63) is 23.9 Å². The molecule has 6 heteroatoms. The van der Waals surface area contributed by atoms with Crippen molar-refractivity contribution in [2.45, 2.75) is 6.92 Å². The Bertz CT molecular complexity index is 484. The normalized spacial score (nSPS) is 10.3. The van der Waals surface area contributed by atoms with Gasteiger partial charge in [-0.2, -0.15) is 4.98 Å². The number of halogens is 1. The second-order valence-electron chi connectivity index (χ2n) is 2.85. The van der Waals surface area contributed by atoms with Crippen molar-refractivity contribution in [3.63, 3.8) is 0 Å². The maximum Gasteiger partial charge on any atom is 0.262 e. The van der Waals surface area contributed by atoms with Crippen molar-refractivity contribution in [1.82, 2.24) is 15.1 Å². The molecule has 0 aliphatic carbocycles. The summed E-state index contributed by atoms with van der Waals surface area (Å²) in [6.45, 7) is 1.65. The Morgan fingerprint density at radius 2 is 2.27 bits per heavy atom. The summed E-state index contributed by atoms with van der Waals surface area (Å²) >= 11 is 0. The Labute approximate surface area is 84.9 Å². The first-order chi connectivity index (χ1) is 7.20. The van der Waals surface area contributed by atoms with Gasteiger partial charge in [-0.25, -0.2) is 9.37 Å². The van der Waals surface area contributed by atoms with Crippen molar-refractivity contribution >= 4 is 0 Å². The largest absolute Gasteiger partial charge is 0.481 e. The molecule has 0 spiro atoms. The topological polar surface area (TPSA) is 61.0 Å². The van der Waals surface area contributed by atoms with Gasteiger partial charge in [-0.05, 0) is 6.92 Å². The zero-order valence-electron chi connectivity index (χ0n) is 8.19. The molecule has 0 atom stereocenters. The first kappa shape index (κ1) is 9.57. The van der Waals surface area contributed by atoms with Gasteiger partial charge in [0.25, 0.3) is 5.89 Å². The molecule has 2 heterocycles. The first-order valence-electron chi connectivity index (χ1n) is 4.21. The molecule has 0 saturated heterocycles. The fourth-order valence-electron chi connectivity index (χ4n) is 1.09. The van der Waals surface area contributed by atoms with Gasteiger partial charge in [-0.3, -0.25) is 0 Å². The third-order valence-electron chi connectivity index (χ3n) is 1.80. The van der Waals surface area contributed by atoms with Crippen molar-refractivity contribution in [2.75, 3.05) is 7.11 Å². The number of methoxy groups -OCH3 is 1. The summed E-state index contributed by atoms with van der Waals surface area (Å²) in [5.74, 6) is 0.248. The van der Waals surface area contributed by atoms with Crippen LogP contribution in [0.5, 0.6) is 5.88 Å². The molecule has 0 radical (unpaired) electrons. The Morgan fingerprint density at radius 1 is 1.47 bits per heavy atom. The van der Waals surface area contributed by atoms with E-state index in [1.165, 1.54) is 13.3 Å². The SMILES string of the molecule is COc1cc(F)c(-c2nc(C)no2)cn1. The lowest BCUT2D eigenvalue weighted by molar-refractivity contribution is 0.393. The highest BCUT2D eigenvalue weighted by Gasteiger charge is 2.13. The number of hydrogen-bond donors (Lipinski definition) is 0. The van der Waals surface area contributed by atoms with Gasteiger partial charge in [0.2, 0.25) is 5.88 Å². The number of hydrogen-bond acceptors (Lipinski definition) is 5. The van der Waals surface area contributed by atoms with E-state index in [0.29, 0.717) is 5.82 Å². The molecule has 0 fully saturated rings. The van der Waals surface area contributed by atoms with E-state index in [9.17, 15) is 4.39 Å². The summed E-state index contributed by atoms with van der Waals surface area (Å²) in [6.07, 6.45) is 1.29. The van der Waals surface area contributed by atoms with Crippen LogP contribution >= 0.6 is 0 Å². The second-order valence-corrected chi connectivity index (χ2v) is 2.85. The van der Waals surface area contributed by atoms with E-state index in [1.807, 2.05) is 0 Å². The average Bonchev–Trinajstić information content (AvgIpc) is 2.64. The molecule has 78 valence electrons. The van der Waals surface area contributed by atoms with E-state index in [0.717, 1.165) is 6.07 Å². The van der Waals surface area contributed by atoms with Crippen LogP contribution in [0.3, 0.4) is 0 Å². The minimum absolute atomic E-state index is 0.111. The van der Waals surface area contributed by atoms with Gasteiger partial charge < -0.3 is 9.26 Å². The van der Waals surface area contributed by atoms with E-state index in [1.54, 1.807) is 6.92 Å². The Hall–Kier alpha value is -1.98. The molecule has 2 aromatic rings. The predicted molar refractivity (Wildman–Crippen MR) is 48.8 cm³/mol. The van der Waals surface area contributed by atoms with E-state index >= 15 is 0 Å². The molecular formula is C9H8FN3O2. The number of ether oxygens (including phenoxy) is 1. The molecule has 0 aliphatic heterocycles. The summed E-state index contributed by atoms with van der Waals surface area (Å²) in [7, 11) is 1.41. The third-order valence-corrected chi connectivity index (χ3v) is 1.80. The van der Waals surface area contributed by atoms with Crippen LogP contribution < -0.4 is 4.74 Å². The molecule has 0 aliphatic rings. The summed E-state index contributed by atoms with van der Waals surface area (Å²) < 4.78 is 23.1. The molecule has 5 nitrogen and oxygen atoms in total. The van der Waals surface area contributed by atoms with Crippen LogP contribution in [0.25, 0.3) is 11.5 Å². The molecule has 0 bridgehead atoms. The highest BCUT2D eigenvalue weighted by atomic mass is 19.1. The molecule has 0 aromatic carbocycles. The summed E-state index contributed by atoms with van der Waals surface area (Å²) in [4.78, 5) is 7.75. The van der Waals surface area contributed by atoms with Gasteiger partial charge in [-0.15, -0.1) is 0 Å². The van der Waals surface area contributed by atoms with Crippen molar-refractivity contribution in [1.29, 1.82) is 0 Å². The van der Waals surface area contributed by atoms with Gasteiger partial charge in [0.05, 0.1) is 12.7 Å². The lowest BCUT2D eigenvalue weighted by atomic mass is 10.2. The van der Waals surface area contributed by atoms with E-state index in [2.05, 4.69) is 15.1 Å². The molecule has 0 amide bonds. The van der Waals surface area contributed by atoms with Gasteiger partial charge in [-0.1, -0.05) is 5.16 Å². The molecule has 0 saturated carbocycles. The van der Waals surface area contributed by atoms with Crippen LogP contribution in [0.15, 0.2) is 16.8 Å². The predicted octanol–water partition coefficient (Wildman–Crippen LogP) is 1.59. The third kappa shape index (κ3) is 1.78. The van der Waals surface area contributed by atoms with Gasteiger partial charge in [0.1, 0.15) is 5.82 Å². The second kappa shape index (κ2) is 3.64. The molecule has 0 unspecified atom stereocenters. The molecule has 2 aromatic heterocycles. The maximum absolute atomic E-state index is 13.5. The fourth-order valence-corrected chi connectivity index (χ4v) is 1.09. The number of pyridine rings is 1. The molecular weight excluding hydrogens is 201 g/mol. The van der Waals surface area contributed by atoms with Gasteiger partial charge in [0, 0.05) is 12.3 Å². The summed E-state index contributed by atoms with van der Waals surface area (Å²) in [5.41, 5.74) is 0.163. The fraction of sp³-hybridized carbons (Fsp3) is 0.222. The maximum atomic E-state index is 13.5. The van der Waals surface area contributed by atoms with Crippen LogP contribution in [-0.2, 0) is 0 Å². The Balaban J connectivity index is 2.45. The van der Waals surface area contributed by atoms with E-state index in [4.69, 9.17) is 9.26 Å². The molecule has 15 heavy (non-hydrogen) atoms. The smallest absolute Gasteiger partial charge is 0.262 e. The van der Waals surface area contributed by atoms with Crippen LogP contribution in [0.2, 0.25) is 0 Å². The van der Waals surface area contributed by atoms with Crippen LogP contribution in [0.4, 0.5) is 4.39 Å². The zero-order chi connectivity index (χ0) is 10.8. The standard InChI is InChI=1S/C9H8FN3O2/c1-5-12-9(15-13-5)6-4-11-8(14-2)3-7(6)10/h3-4H,1-2H3. The number of aromatic nitrogens is 3. The summed E-state index contributed by atoms with van der Waals surface area (Å²) in [6, 6.07) is 1.16. The highest BCUT2D eigenvalue weighted by Crippen LogP contribution is 2.22. The number of rotatable bonds is 2. The van der Waals surface area contributed by atoms with Crippen molar-refractivity contribution < 1.29 is 13.7 Å². The van der Waals surface area contributed by atoms with Crippen molar-refractivity contribution in [2.24, 2.45) is 0 Å². The minimum atomic E-state index is -0.509. The number of nitrogens with zero attached hydrogens (tertiary/aromatic N) is 3. The van der Waals surface area contributed by atoms with E-state index < -0.39 is 5.82 Å². The quantitative estimate of drug-likeness (QED) is 0.751. The Kier molecular flexibility index (Phi) is 2.32. The zero-order valence-corrected chi connectivity index (χ0v) is 8.19. The van der Waals surface area contributed by atoms with Crippen LogP contribution in [-0.4, -0.2) is 22.2 Å². The lowest BCUT2D eigenvalue weighted by Crippen LogP contribution is -1.91.